The SMILES string of the molecule is CC(C)=Cc1n[nH]c2nc(N3CCC4(CC3)Cc3ncccc3[C@H]4N)cnc12. The molecule has 0 unspecified atom stereocenters. The Morgan fingerprint density at radius 3 is 2.86 bits per heavy atom. The number of fused-ring (bicyclic) bond motifs is 2. The van der Waals surface area contributed by atoms with Crippen LogP contribution in [0.25, 0.3) is 17.2 Å². The molecule has 3 N–H and O–H groups in total. The molecule has 1 aliphatic heterocycles. The minimum atomic E-state index is 0.0751. The van der Waals surface area contributed by atoms with Crippen LogP contribution >= 0.6 is 0 Å². The molecule has 3 aromatic rings. The van der Waals surface area contributed by atoms with Gasteiger partial charge in [-0.1, -0.05) is 11.6 Å². The van der Waals surface area contributed by atoms with Gasteiger partial charge in [-0.15, -0.1) is 0 Å². The summed E-state index contributed by atoms with van der Waals surface area (Å²) in [6.07, 6.45) is 8.81. The first kappa shape index (κ1) is 17.3. The van der Waals surface area contributed by atoms with E-state index < -0.39 is 0 Å². The van der Waals surface area contributed by atoms with Crippen molar-refractivity contribution in [3.8, 4) is 0 Å². The Kier molecular flexibility index (Phi) is 3.94. The summed E-state index contributed by atoms with van der Waals surface area (Å²) in [5.74, 6) is 0.900. The minimum Gasteiger partial charge on any atom is -0.355 e. The summed E-state index contributed by atoms with van der Waals surface area (Å²) >= 11 is 0. The number of hydrogen-bond donors (Lipinski definition) is 2. The lowest BCUT2D eigenvalue weighted by molar-refractivity contribution is 0.186. The standard InChI is InChI=1S/C21H25N7/c1-13(2)10-15-18-20(27-26-15)25-17(12-24-18)28-8-5-21(6-9-28)11-16-14(19(21)22)4-3-7-23-16/h3-4,7,10,12,19H,5-6,8-9,11,22H2,1-2H3,(H,25,26,27)/t19-/m1/s1. The van der Waals surface area contributed by atoms with Crippen LogP contribution in [0.2, 0.25) is 0 Å². The molecule has 28 heavy (non-hydrogen) atoms. The van der Waals surface area contributed by atoms with E-state index in [0.29, 0.717) is 0 Å². The van der Waals surface area contributed by atoms with Gasteiger partial charge < -0.3 is 10.6 Å². The Morgan fingerprint density at radius 2 is 2.11 bits per heavy atom. The molecule has 1 saturated heterocycles. The number of nitrogens with one attached hydrogen (secondary N) is 1. The maximum atomic E-state index is 6.65. The lowest BCUT2D eigenvalue weighted by Crippen LogP contribution is -2.44. The van der Waals surface area contributed by atoms with Crippen LogP contribution in [0.15, 0.2) is 30.1 Å². The van der Waals surface area contributed by atoms with Crippen molar-refractivity contribution in [1.29, 1.82) is 0 Å². The van der Waals surface area contributed by atoms with Gasteiger partial charge in [-0.05, 0) is 56.2 Å². The Hall–Kier alpha value is -2.80. The third-order valence-electron chi connectivity index (χ3n) is 6.23. The number of aromatic amines is 1. The highest BCUT2D eigenvalue weighted by Gasteiger charge is 2.46. The van der Waals surface area contributed by atoms with Crippen molar-refractivity contribution in [2.75, 3.05) is 18.0 Å². The van der Waals surface area contributed by atoms with Gasteiger partial charge in [0.25, 0.3) is 0 Å². The van der Waals surface area contributed by atoms with E-state index in [1.807, 2.05) is 38.4 Å². The predicted molar refractivity (Wildman–Crippen MR) is 110 cm³/mol. The molecule has 0 amide bonds. The van der Waals surface area contributed by atoms with Gasteiger partial charge in [0, 0.05) is 31.0 Å². The molecule has 3 aromatic heterocycles. The first-order valence-corrected chi connectivity index (χ1v) is 9.86. The van der Waals surface area contributed by atoms with Gasteiger partial charge in [-0.2, -0.15) is 5.10 Å². The van der Waals surface area contributed by atoms with E-state index in [0.717, 1.165) is 55.0 Å². The van der Waals surface area contributed by atoms with Gasteiger partial charge in [-0.3, -0.25) is 10.1 Å². The Bertz CT molecular complexity index is 1060. The van der Waals surface area contributed by atoms with Crippen LogP contribution in [0.3, 0.4) is 0 Å². The van der Waals surface area contributed by atoms with E-state index in [9.17, 15) is 0 Å². The molecule has 1 atom stereocenters. The van der Waals surface area contributed by atoms with E-state index in [2.05, 4.69) is 31.1 Å². The van der Waals surface area contributed by atoms with E-state index in [1.54, 1.807) is 0 Å². The van der Waals surface area contributed by atoms with Crippen LogP contribution in [-0.2, 0) is 6.42 Å². The number of aromatic nitrogens is 5. The highest BCUT2D eigenvalue weighted by atomic mass is 15.2. The monoisotopic (exact) mass is 375 g/mol. The maximum Gasteiger partial charge on any atom is 0.176 e. The second-order valence-corrected chi connectivity index (χ2v) is 8.30. The molecule has 1 spiro atoms. The second kappa shape index (κ2) is 6.38. The van der Waals surface area contributed by atoms with Crippen LogP contribution in [0.4, 0.5) is 5.82 Å². The molecule has 144 valence electrons. The zero-order valence-electron chi connectivity index (χ0n) is 16.3. The topological polar surface area (TPSA) is 96.6 Å². The first-order chi connectivity index (χ1) is 13.6. The summed E-state index contributed by atoms with van der Waals surface area (Å²) in [4.78, 5) is 16.3. The van der Waals surface area contributed by atoms with Crippen molar-refractivity contribution >= 4 is 23.1 Å². The van der Waals surface area contributed by atoms with Gasteiger partial charge in [0.2, 0.25) is 0 Å². The molecule has 4 heterocycles. The summed E-state index contributed by atoms with van der Waals surface area (Å²) in [6.45, 7) is 5.95. The molecule has 7 nitrogen and oxygen atoms in total. The van der Waals surface area contributed by atoms with Crippen LogP contribution in [-0.4, -0.2) is 38.2 Å². The third kappa shape index (κ3) is 2.69. The largest absolute Gasteiger partial charge is 0.355 e. The number of piperidine rings is 1. The number of anilines is 1. The van der Waals surface area contributed by atoms with Crippen LogP contribution in [0.1, 0.15) is 49.7 Å². The molecule has 0 saturated carbocycles. The molecule has 5 rings (SSSR count). The predicted octanol–water partition coefficient (Wildman–Crippen LogP) is 3.01. The number of rotatable bonds is 2. The van der Waals surface area contributed by atoms with Gasteiger partial charge in [0.1, 0.15) is 17.0 Å². The van der Waals surface area contributed by atoms with Gasteiger partial charge in [0.05, 0.1) is 6.20 Å². The highest BCUT2D eigenvalue weighted by molar-refractivity contribution is 5.81. The third-order valence-corrected chi connectivity index (χ3v) is 6.23. The van der Waals surface area contributed by atoms with E-state index in [1.165, 1.54) is 16.8 Å². The number of H-pyrrole nitrogens is 1. The Labute approximate surface area is 164 Å². The number of hydrogen-bond acceptors (Lipinski definition) is 6. The summed E-state index contributed by atoms with van der Waals surface area (Å²) in [5.41, 5.74) is 12.7. The number of nitrogens with two attached hydrogens (primary N) is 1. The second-order valence-electron chi connectivity index (χ2n) is 8.30. The summed E-state index contributed by atoms with van der Waals surface area (Å²) in [7, 11) is 0. The lowest BCUT2D eigenvalue weighted by atomic mass is 9.73. The summed E-state index contributed by atoms with van der Waals surface area (Å²) < 4.78 is 0. The smallest absolute Gasteiger partial charge is 0.176 e. The number of allylic oxidation sites excluding steroid dienone is 1. The van der Waals surface area contributed by atoms with E-state index >= 15 is 0 Å². The zero-order chi connectivity index (χ0) is 19.3. The van der Waals surface area contributed by atoms with Crippen LogP contribution in [0, 0.1) is 5.41 Å². The van der Waals surface area contributed by atoms with Crippen molar-refractivity contribution in [3.63, 3.8) is 0 Å². The average molecular weight is 375 g/mol. The van der Waals surface area contributed by atoms with Crippen LogP contribution < -0.4 is 10.6 Å². The fourth-order valence-electron chi connectivity index (χ4n) is 4.66. The minimum absolute atomic E-state index is 0.0751. The Morgan fingerprint density at radius 1 is 1.29 bits per heavy atom. The molecule has 0 bridgehead atoms. The van der Waals surface area contributed by atoms with Crippen LogP contribution in [0.5, 0.6) is 0 Å². The molecule has 1 fully saturated rings. The molecule has 0 radical (unpaired) electrons. The van der Waals surface area contributed by atoms with Gasteiger partial charge in [0.15, 0.2) is 5.65 Å². The van der Waals surface area contributed by atoms with Gasteiger partial charge in [-0.25, -0.2) is 9.97 Å². The molecule has 1 aliphatic carbocycles. The quantitative estimate of drug-likeness (QED) is 0.715. The van der Waals surface area contributed by atoms with Gasteiger partial charge >= 0.3 is 0 Å². The summed E-state index contributed by atoms with van der Waals surface area (Å²) in [6, 6.07) is 4.20. The average Bonchev–Trinajstić information content (AvgIpc) is 3.21. The fraction of sp³-hybridized carbons (Fsp3) is 0.429. The maximum absolute atomic E-state index is 6.65. The number of nitrogens with zero attached hydrogens (tertiary/aromatic N) is 5. The molecule has 2 aliphatic rings. The normalized spacial score (nSPS) is 20.5. The van der Waals surface area contributed by atoms with Crippen molar-refractivity contribution in [3.05, 3.63) is 47.1 Å². The van der Waals surface area contributed by atoms with E-state index in [4.69, 9.17) is 10.7 Å². The number of pyridine rings is 1. The van der Waals surface area contributed by atoms with Crippen molar-refractivity contribution in [2.45, 2.75) is 39.2 Å². The zero-order valence-corrected chi connectivity index (χ0v) is 16.3. The van der Waals surface area contributed by atoms with Crippen molar-refractivity contribution < 1.29 is 0 Å². The van der Waals surface area contributed by atoms with Crippen molar-refractivity contribution in [1.82, 2.24) is 25.1 Å². The molecule has 7 heteroatoms. The molecular formula is C21H25N7. The summed E-state index contributed by atoms with van der Waals surface area (Å²) in [5, 5.41) is 7.36. The van der Waals surface area contributed by atoms with Crippen molar-refractivity contribution in [2.24, 2.45) is 11.1 Å². The molecule has 0 aromatic carbocycles. The molecular weight excluding hydrogens is 350 g/mol. The highest BCUT2D eigenvalue weighted by Crippen LogP contribution is 2.50. The fourth-order valence-corrected chi connectivity index (χ4v) is 4.66. The van der Waals surface area contributed by atoms with E-state index in [-0.39, 0.29) is 11.5 Å². The lowest BCUT2D eigenvalue weighted by Gasteiger charge is -2.42. The first-order valence-electron chi connectivity index (χ1n) is 9.86. The Balaban J connectivity index is 1.36.